The monoisotopic (exact) mass is 269 g/mol. The smallest absolute Gasteiger partial charge is 0.254 e. The highest BCUT2D eigenvalue weighted by atomic mass is 35.5. The maximum atomic E-state index is 12.9. The van der Waals surface area contributed by atoms with Gasteiger partial charge in [-0.2, -0.15) is 0 Å². The van der Waals surface area contributed by atoms with E-state index < -0.39 is 0 Å². The lowest BCUT2D eigenvalue weighted by Crippen LogP contribution is -2.41. The van der Waals surface area contributed by atoms with Gasteiger partial charge in [-0.25, -0.2) is 4.39 Å². The molecule has 0 aliphatic carbocycles. The van der Waals surface area contributed by atoms with Crippen molar-refractivity contribution in [2.24, 2.45) is 0 Å². The average Bonchev–Trinajstić information content (AvgIpc) is 2.63. The molecule has 98 valence electrons. The molecule has 0 radical (unpaired) electrons. The topological polar surface area (TPSA) is 20.3 Å². The van der Waals surface area contributed by atoms with E-state index in [2.05, 4.69) is 0 Å². The van der Waals surface area contributed by atoms with Crippen LogP contribution >= 0.6 is 11.6 Å². The Morgan fingerprint density at radius 1 is 1.28 bits per heavy atom. The van der Waals surface area contributed by atoms with Crippen LogP contribution in [0.3, 0.4) is 0 Å². The minimum Gasteiger partial charge on any atom is -0.334 e. The average molecular weight is 270 g/mol. The van der Waals surface area contributed by atoms with Crippen LogP contribution in [0.2, 0.25) is 0 Å². The Morgan fingerprint density at radius 3 is 2.67 bits per heavy atom. The number of carbonyl (C=O) groups is 1. The molecule has 0 bridgehead atoms. The van der Waals surface area contributed by atoms with E-state index in [9.17, 15) is 9.18 Å². The first-order valence-corrected chi connectivity index (χ1v) is 6.88. The fraction of sp³-hybridized carbons (Fsp3) is 0.500. The molecule has 1 amide bonds. The Bertz CT molecular complexity index is 407. The normalized spacial score (nSPS) is 20.6. The molecule has 1 heterocycles. The fourth-order valence-electron chi connectivity index (χ4n) is 2.36. The van der Waals surface area contributed by atoms with Crippen LogP contribution in [0.4, 0.5) is 4.39 Å². The maximum Gasteiger partial charge on any atom is 0.254 e. The third kappa shape index (κ3) is 3.02. The summed E-state index contributed by atoms with van der Waals surface area (Å²) in [7, 11) is 0. The van der Waals surface area contributed by atoms with Crippen molar-refractivity contribution in [1.29, 1.82) is 0 Å². The second-order valence-electron chi connectivity index (χ2n) is 4.66. The van der Waals surface area contributed by atoms with Crippen molar-refractivity contribution >= 4 is 17.5 Å². The molecule has 1 aliphatic heterocycles. The van der Waals surface area contributed by atoms with Crippen molar-refractivity contribution in [3.63, 3.8) is 0 Å². The molecule has 1 aromatic rings. The molecule has 1 aromatic carbocycles. The van der Waals surface area contributed by atoms with Gasteiger partial charge in [-0.05, 0) is 37.1 Å². The molecule has 1 aliphatic rings. The quantitative estimate of drug-likeness (QED) is 0.753. The van der Waals surface area contributed by atoms with Gasteiger partial charge in [0, 0.05) is 24.0 Å². The van der Waals surface area contributed by atoms with Crippen LogP contribution in [0.15, 0.2) is 24.3 Å². The molecule has 1 fully saturated rings. The van der Waals surface area contributed by atoms with Gasteiger partial charge in [0.15, 0.2) is 0 Å². The third-order valence-corrected chi connectivity index (χ3v) is 3.76. The highest BCUT2D eigenvalue weighted by Crippen LogP contribution is 2.20. The molecule has 0 saturated carbocycles. The molecular weight excluding hydrogens is 253 g/mol. The van der Waals surface area contributed by atoms with Gasteiger partial charge < -0.3 is 4.90 Å². The number of amides is 1. The molecular formula is C14H17ClFNO. The molecule has 18 heavy (non-hydrogen) atoms. The Labute approximate surface area is 112 Å². The standard InChI is InChI=1S/C14H17ClFNO/c15-10-13-4-2-1-3-9-17(13)14(18)11-5-7-12(16)8-6-11/h5-8,13H,1-4,9-10H2. The number of carbonyl (C=O) groups excluding carboxylic acids is 1. The van der Waals surface area contributed by atoms with E-state index in [4.69, 9.17) is 11.6 Å². The number of hydrogen-bond acceptors (Lipinski definition) is 1. The van der Waals surface area contributed by atoms with E-state index in [1.807, 2.05) is 4.90 Å². The Kier molecular flexibility index (Phi) is 4.59. The Balaban J connectivity index is 2.17. The van der Waals surface area contributed by atoms with Crippen LogP contribution in [-0.2, 0) is 0 Å². The molecule has 1 unspecified atom stereocenters. The minimum absolute atomic E-state index is 0.0393. The van der Waals surface area contributed by atoms with Gasteiger partial charge in [-0.3, -0.25) is 4.79 Å². The lowest BCUT2D eigenvalue weighted by molar-refractivity contribution is 0.0700. The van der Waals surface area contributed by atoms with Crippen LogP contribution < -0.4 is 0 Å². The number of nitrogens with zero attached hydrogens (tertiary/aromatic N) is 1. The SMILES string of the molecule is O=C(c1ccc(F)cc1)N1CCCCCC1CCl. The summed E-state index contributed by atoms with van der Waals surface area (Å²) in [5, 5.41) is 0. The summed E-state index contributed by atoms with van der Waals surface area (Å²) in [6.45, 7) is 0.744. The molecule has 1 atom stereocenters. The summed E-state index contributed by atoms with van der Waals surface area (Å²) in [5.41, 5.74) is 0.536. The van der Waals surface area contributed by atoms with E-state index >= 15 is 0 Å². The van der Waals surface area contributed by atoms with Gasteiger partial charge in [0.05, 0.1) is 0 Å². The van der Waals surface area contributed by atoms with Crippen LogP contribution in [0.1, 0.15) is 36.0 Å². The van der Waals surface area contributed by atoms with Gasteiger partial charge in [0.1, 0.15) is 5.82 Å². The van der Waals surface area contributed by atoms with Crippen LogP contribution in [-0.4, -0.2) is 29.3 Å². The summed E-state index contributed by atoms with van der Waals surface area (Å²) in [6, 6.07) is 5.81. The summed E-state index contributed by atoms with van der Waals surface area (Å²) in [5.74, 6) is 0.103. The van der Waals surface area contributed by atoms with Crippen molar-refractivity contribution in [3.05, 3.63) is 35.6 Å². The van der Waals surface area contributed by atoms with E-state index in [0.717, 1.165) is 32.2 Å². The number of likely N-dealkylation sites (tertiary alicyclic amines) is 1. The third-order valence-electron chi connectivity index (χ3n) is 3.41. The second-order valence-corrected chi connectivity index (χ2v) is 4.97. The lowest BCUT2D eigenvalue weighted by Gasteiger charge is -2.28. The van der Waals surface area contributed by atoms with Gasteiger partial charge in [0.2, 0.25) is 0 Å². The zero-order chi connectivity index (χ0) is 13.0. The predicted molar refractivity (Wildman–Crippen MR) is 70.4 cm³/mol. The molecule has 2 nitrogen and oxygen atoms in total. The van der Waals surface area contributed by atoms with Crippen molar-refractivity contribution in [3.8, 4) is 0 Å². The van der Waals surface area contributed by atoms with E-state index in [1.54, 1.807) is 0 Å². The predicted octanol–water partition coefficient (Wildman–Crippen LogP) is 3.45. The Morgan fingerprint density at radius 2 is 2.00 bits per heavy atom. The van der Waals surface area contributed by atoms with Crippen molar-refractivity contribution in [2.75, 3.05) is 12.4 Å². The van der Waals surface area contributed by atoms with Crippen molar-refractivity contribution in [1.82, 2.24) is 4.90 Å². The summed E-state index contributed by atoms with van der Waals surface area (Å²) in [4.78, 5) is 14.2. The molecule has 0 N–H and O–H groups in total. The van der Waals surface area contributed by atoms with E-state index in [1.165, 1.54) is 24.3 Å². The fourth-order valence-corrected chi connectivity index (χ4v) is 2.68. The molecule has 4 heteroatoms. The lowest BCUT2D eigenvalue weighted by atomic mass is 10.1. The van der Waals surface area contributed by atoms with Crippen molar-refractivity contribution in [2.45, 2.75) is 31.7 Å². The molecule has 1 saturated heterocycles. The zero-order valence-electron chi connectivity index (χ0n) is 10.2. The van der Waals surface area contributed by atoms with Crippen molar-refractivity contribution < 1.29 is 9.18 Å². The number of alkyl halides is 1. The number of benzene rings is 1. The highest BCUT2D eigenvalue weighted by Gasteiger charge is 2.25. The van der Waals surface area contributed by atoms with Crippen LogP contribution in [0.25, 0.3) is 0 Å². The van der Waals surface area contributed by atoms with Crippen LogP contribution in [0.5, 0.6) is 0 Å². The second kappa shape index (κ2) is 6.19. The summed E-state index contributed by atoms with van der Waals surface area (Å²) >= 11 is 5.95. The first kappa shape index (κ1) is 13.3. The highest BCUT2D eigenvalue weighted by molar-refractivity contribution is 6.18. The molecule has 0 aromatic heterocycles. The number of rotatable bonds is 2. The number of hydrogen-bond donors (Lipinski definition) is 0. The van der Waals surface area contributed by atoms with E-state index in [0.29, 0.717) is 11.4 Å². The first-order valence-electron chi connectivity index (χ1n) is 6.35. The maximum absolute atomic E-state index is 12.9. The molecule has 0 spiro atoms. The summed E-state index contributed by atoms with van der Waals surface area (Å²) < 4.78 is 12.9. The number of halogens is 2. The first-order chi connectivity index (χ1) is 8.72. The van der Waals surface area contributed by atoms with Gasteiger partial charge in [-0.15, -0.1) is 11.6 Å². The largest absolute Gasteiger partial charge is 0.334 e. The minimum atomic E-state index is -0.323. The van der Waals surface area contributed by atoms with Gasteiger partial charge >= 0.3 is 0 Å². The van der Waals surface area contributed by atoms with Gasteiger partial charge in [-0.1, -0.05) is 12.8 Å². The zero-order valence-corrected chi connectivity index (χ0v) is 11.0. The molecule has 2 rings (SSSR count). The summed E-state index contributed by atoms with van der Waals surface area (Å²) in [6.07, 6.45) is 4.22. The van der Waals surface area contributed by atoms with Gasteiger partial charge in [0.25, 0.3) is 5.91 Å². The Hall–Kier alpha value is -1.09. The van der Waals surface area contributed by atoms with E-state index in [-0.39, 0.29) is 17.8 Å². The van der Waals surface area contributed by atoms with Crippen LogP contribution in [0, 0.1) is 5.82 Å².